The fourth-order valence-corrected chi connectivity index (χ4v) is 7.92. The number of halogens is 1. The molecule has 4 saturated carbocycles. The fourth-order valence-electron chi connectivity index (χ4n) is 6.81. The number of amides is 1. The lowest BCUT2D eigenvalue weighted by Gasteiger charge is -2.60. The topological polar surface area (TPSA) is 132 Å². The molecule has 7 rings (SSSR count). The number of benzene rings is 1. The van der Waals surface area contributed by atoms with Gasteiger partial charge in [-0.25, -0.2) is 18.1 Å². The second kappa shape index (κ2) is 7.79. The van der Waals surface area contributed by atoms with Crippen molar-refractivity contribution >= 4 is 39.0 Å². The molecule has 4 aliphatic rings. The highest BCUT2D eigenvalue weighted by atomic mass is 35.5. The predicted octanol–water partition coefficient (Wildman–Crippen LogP) is 3.96. The molecular weight excluding hydrogens is 492 g/mol. The number of carbonyl (C=O) groups is 1. The van der Waals surface area contributed by atoms with Crippen molar-refractivity contribution in [2.75, 3.05) is 10.0 Å². The smallest absolute Gasteiger partial charge is 0.263 e. The molecule has 2 unspecified atom stereocenters. The first-order chi connectivity index (χ1) is 16.6. The SMILES string of the molecule is Cc1cc(NS(=O)(=O)c2ccc(NC(=O)C34C[C@H]5C[C@@H](C3)CC(n3cnc(Cl)n3)(C5)C4)cc2)no1. The number of carbonyl (C=O) groups excluding carboxylic acids is 1. The van der Waals surface area contributed by atoms with Gasteiger partial charge < -0.3 is 9.84 Å². The third-order valence-corrected chi connectivity index (χ3v) is 9.29. The van der Waals surface area contributed by atoms with Crippen molar-refractivity contribution < 1.29 is 17.7 Å². The highest BCUT2D eigenvalue weighted by molar-refractivity contribution is 7.92. The summed E-state index contributed by atoms with van der Waals surface area (Å²) in [5.74, 6) is 1.52. The van der Waals surface area contributed by atoms with Gasteiger partial charge in [0.25, 0.3) is 10.0 Å². The zero-order valence-corrected chi connectivity index (χ0v) is 20.6. The van der Waals surface area contributed by atoms with Crippen LogP contribution in [-0.2, 0) is 20.4 Å². The normalized spacial score (nSPS) is 29.3. The Morgan fingerprint density at radius 2 is 1.89 bits per heavy atom. The molecule has 0 spiro atoms. The van der Waals surface area contributed by atoms with E-state index < -0.39 is 15.4 Å². The van der Waals surface area contributed by atoms with Crippen LogP contribution in [0, 0.1) is 24.2 Å². The van der Waals surface area contributed by atoms with Gasteiger partial charge in [-0.3, -0.25) is 9.52 Å². The van der Waals surface area contributed by atoms with E-state index in [1.165, 1.54) is 18.2 Å². The third-order valence-electron chi connectivity index (χ3n) is 7.75. The Labute approximate surface area is 207 Å². The van der Waals surface area contributed by atoms with Gasteiger partial charge in [0.15, 0.2) is 5.82 Å². The van der Waals surface area contributed by atoms with E-state index in [1.807, 2.05) is 4.68 Å². The van der Waals surface area contributed by atoms with Crippen LogP contribution in [0.25, 0.3) is 0 Å². The molecule has 3 aromatic rings. The van der Waals surface area contributed by atoms with Gasteiger partial charge in [-0.15, -0.1) is 5.10 Å². The van der Waals surface area contributed by atoms with Gasteiger partial charge in [-0.2, -0.15) is 0 Å². The number of aromatic nitrogens is 4. The lowest BCUT2D eigenvalue weighted by molar-refractivity contribution is -0.150. The number of aryl methyl sites for hydroxylation is 1. The first-order valence-corrected chi connectivity index (χ1v) is 13.5. The van der Waals surface area contributed by atoms with Crippen LogP contribution in [0.15, 0.2) is 46.1 Å². The number of sulfonamides is 1. The number of anilines is 2. The molecule has 4 bridgehead atoms. The van der Waals surface area contributed by atoms with E-state index in [9.17, 15) is 13.2 Å². The second-order valence-electron chi connectivity index (χ2n) is 10.3. The van der Waals surface area contributed by atoms with Crippen LogP contribution in [-0.4, -0.2) is 34.2 Å². The lowest BCUT2D eigenvalue weighted by atomic mass is 9.46. The Bertz CT molecular complexity index is 1390. The summed E-state index contributed by atoms with van der Waals surface area (Å²) in [5, 5.41) is 11.3. The van der Waals surface area contributed by atoms with Gasteiger partial charge in [-0.1, -0.05) is 5.16 Å². The first kappa shape index (κ1) is 22.5. The van der Waals surface area contributed by atoms with E-state index in [4.69, 9.17) is 16.1 Å². The second-order valence-corrected chi connectivity index (χ2v) is 12.4. The van der Waals surface area contributed by atoms with E-state index in [0.717, 1.165) is 32.1 Å². The third kappa shape index (κ3) is 3.90. The van der Waals surface area contributed by atoms with Crippen molar-refractivity contribution in [3.8, 4) is 0 Å². The number of nitrogens with zero attached hydrogens (tertiary/aromatic N) is 4. The van der Waals surface area contributed by atoms with Crippen molar-refractivity contribution in [1.29, 1.82) is 0 Å². The van der Waals surface area contributed by atoms with Crippen LogP contribution in [0.3, 0.4) is 0 Å². The van der Waals surface area contributed by atoms with Gasteiger partial charge in [0.05, 0.1) is 15.8 Å². The molecule has 2 heterocycles. The maximum Gasteiger partial charge on any atom is 0.263 e. The van der Waals surface area contributed by atoms with E-state index in [-0.39, 0.29) is 27.4 Å². The maximum atomic E-state index is 13.6. The molecule has 0 radical (unpaired) electrons. The Morgan fingerprint density at radius 3 is 2.49 bits per heavy atom. The first-order valence-electron chi connectivity index (χ1n) is 11.6. The van der Waals surface area contributed by atoms with Gasteiger partial charge in [0, 0.05) is 11.8 Å². The van der Waals surface area contributed by atoms with Crippen LogP contribution in [0.4, 0.5) is 11.5 Å². The van der Waals surface area contributed by atoms with Gasteiger partial charge >= 0.3 is 0 Å². The van der Waals surface area contributed by atoms with E-state index in [0.29, 0.717) is 29.7 Å². The van der Waals surface area contributed by atoms with Crippen molar-refractivity contribution in [3.05, 3.63) is 47.7 Å². The molecule has 12 heteroatoms. The van der Waals surface area contributed by atoms with Crippen molar-refractivity contribution in [1.82, 2.24) is 19.9 Å². The number of nitrogens with one attached hydrogen (secondary N) is 2. The minimum Gasteiger partial charge on any atom is -0.360 e. The summed E-state index contributed by atoms with van der Waals surface area (Å²) in [7, 11) is -3.83. The molecule has 4 aliphatic carbocycles. The quantitative estimate of drug-likeness (QED) is 0.506. The molecule has 1 amide bonds. The predicted molar refractivity (Wildman–Crippen MR) is 127 cm³/mol. The molecule has 0 saturated heterocycles. The molecule has 35 heavy (non-hydrogen) atoms. The molecule has 2 aromatic heterocycles. The molecule has 0 aliphatic heterocycles. The van der Waals surface area contributed by atoms with E-state index in [1.54, 1.807) is 25.4 Å². The number of hydrogen-bond donors (Lipinski definition) is 2. The molecule has 4 atom stereocenters. The molecule has 4 fully saturated rings. The van der Waals surface area contributed by atoms with Crippen LogP contribution < -0.4 is 10.0 Å². The minimum atomic E-state index is -3.83. The lowest BCUT2D eigenvalue weighted by Crippen LogP contribution is -2.60. The van der Waals surface area contributed by atoms with Gasteiger partial charge in [-0.05, 0) is 93.2 Å². The highest BCUT2D eigenvalue weighted by Crippen LogP contribution is 2.64. The molecule has 10 nitrogen and oxygen atoms in total. The molecular formula is C23H25ClN6O4S. The van der Waals surface area contributed by atoms with Crippen molar-refractivity contribution in [2.45, 2.75) is 55.9 Å². The molecule has 1 aromatic carbocycles. The zero-order valence-electron chi connectivity index (χ0n) is 19.1. The summed E-state index contributed by atoms with van der Waals surface area (Å²) in [6.07, 6.45) is 7.22. The van der Waals surface area contributed by atoms with E-state index in [2.05, 4.69) is 25.3 Å². The number of hydrogen-bond acceptors (Lipinski definition) is 7. The largest absolute Gasteiger partial charge is 0.360 e. The summed E-state index contributed by atoms with van der Waals surface area (Å²) >= 11 is 6.02. The van der Waals surface area contributed by atoms with Gasteiger partial charge in [0.2, 0.25) is 11.2 Å². The maximum absolute atomic E-state index is 13.6. The minimum absolute atomic E-state index is 0.0195. The average molecular weight is 517 g/mol. The van der Waals surface area contributed by atoms with E-state index >= 15 is 0 Å². The van der Waals surface area contributed by atoms with Crippen LogP contribution in [0.5, 0.6) is 0 Å². The summed E-state index contributed by atoms with van der Waals surface area (Å²) in [4.78, 5) is 17.8. The Balaban J connectivity index is 1.20. The molecule has 2 N–H and O–H groups in total. The summed E-state index contributed by atoms with van der Waals surface area (Å²) < 4.78 is 34.5. The van der Waals surface area contributed by atoms with Crippen LogP contribution in [0.2, 0.25) is 5.28 Å². The summed E-state index contributed by atoms with van der Waals surface area (Å²) in [6, 6.07) is 7.63. The molecule has 184 valence electrons. The Morgan fingerprint density at radius 1 is 1.17 bits per heavy atom. The van der Waals surface area contributed by atoms with Crippen LogP contribution >= 0.6 is 11.6 Å². The Kier molecular flexibility index (Phi) is 5.02. The van der Waals surface area contributed by atoms with Crippen molar-refractivity contribution in [3.63, 3.8) is 0 Å². The Hall–Kier alpha value is -2.92. The standard InChI is InChI=1S/C23H25ClN6O4S/c1-14-6-19(28-34-14)29-35(32,33)18-4-2-17(3-5-18)26-20(31)22-8-15-7-16(9-22)11-23(10-15,12-22)30-13-25-21(24)27-30/h2-6,13,15-16H,7-12H2,1H3,(H,26,31)(H,28,29)/t15-,16+,22?,23?. The summed E-state index contributed by atoms with van der Waals surface area (Å²) in [6.45, 7) is 1.68. The van der Waals surface area contributed by atoms with Gasteiger partial charge in [0.1, 0.15) is 12.1 Å². The van der Waals surface area contributed by atoms with Crippen LogP contribution in [0.1, 0.15) is 44.3 Å². The monoisotopic (exact) mass is 516 g/mol. The fraction of sp³-hybridized carbons (Fsp3) is 0.478. The number of rotatable bonds is 6. The summed E-state index contributed by atoms with van der Waals surface area (Å²) in [5.41, 5.74) is -0.163. The average Bonchev–Trinajstić information content (AvgIpc) is 3.41. The van der Waals surface area contributed by atoms with Crippen molar-refractivity contribution in [2.24, 2.45) is 17.3 Å². The highest BCUT2D eigenvalue weighted by Gasteiger charge is 2.61. The zero-order chi connectivity index (χ0) is 24.4.